The maximum atomic E-state index is 9.26. The molecule has 0 spiro atoms. The van der Waals surface area contributed by atoms with Gasteiger partial charge in [0.2, 0.25) is 0 Å². The van der Waals surface area contributed by atoms with Crippen LogP contribution in [0.4, 0.5) is 5.69 Å². The summed E-state index contributed by atoms with van der Waals surface area (Å²) in [5.74, 6) is 0.491. The highest BCUT2D eigenvalue weighted by Gasteiger charge is 2.18. The van der Waals surface area contributed by atoms with Crippen LogP contribution in [0.3, 0.4) is 0 Å². The number of rotatable bonds is 6. The second kappa shape index (κ2) is 8.50. The van der Waals surface area contributed by atoms with Crippen molar-refractivity contribution in [2.45, 2.75) is 39.8 Å². The van der Waals surface area contributed by atoms with E-state index in [4.69, 9.17) is 0 Å². The molecule has 0 unspecified atom stereocenters. The van der Waals surface area contributed by atoms with E-state index in [1.165, 1.54) is 27.9 Å². The molecule has 2 aromatic carbocycles. The van der Waals surface area contributed by atoms with Gasteiger partial charge in [0.05, 0.1) is 0 Å². The minimum atomic E-state index is 0.332. The fourth-order valence-electron chi connectivity index (χ4n) is 3.54. The summed E-state index contributed by atoms with van der Waals surface area (Å²) in [6.45, 7) is 8.59. The van der Waals surface area contributed by atoms with E-state index in [2.05, 4.69) is 66.5 Å². The Labute approximate surface area is 151 Å². The van der Waals surface area contributed by atoms with Gasteiger partial charge in [0.15, 0.2) is 0 Å². The van der Waals surface area contributed by atoms with Gasteiger partial charge in [-0.2, -0.15) is 0 Å². The highest BCUT2D eigenvalue weighted by atomic mass is 16.3. The zero-order chi connectivity index (χ0) is 17.6. The van der Waals surface area contributed by atoms with Crippen molar-refractivity contribution in [3.05, 3.63) is 64.7 Å². The third-order valence-electron chi connectivity index (χ3n) is 5.54. The van der Waals surface area contributed by atoms with Crippen LogP contribution >= 0.6 is 0 Å². The molecular formula is C22H30N2O. The molecule has 1 heterocycles. The average molecular weight is 338 g/mol. The van der Waals surface area contributed by atoms with E-state index >= 15 is 0 Å². The first-order chi connectivity index (χ1) is 12.2. The predicted molar refractivity (Wildman–Crippen MR) is 105 cm³/mol. The van der Waals surface area contributed by atoms with Gasteiger partial charge in [-0.25, -0.2) is 0 Å². The molecule has 0 amide bonds. The van der Waals surface area contributed by atoms with Crippen LogP contribution in [-0.2, 0) is 13.1 Å². The number of hydrogen-bond donors (Lipinski definition) is 2. The summed E-state index contributed by atoms with van der Waals surface area (Å²) in [6, 6.07) is 15.4. The summed E-state index contributed by atoms with van der Waals surface area (Å²) in [6.07, 6.45) is 2.19. The quantitative estimate of drug-likeness (QED) is 0.841. The topological polar surface area (TPSA) is 35.5 Å². The maximum Gasteiger partial charge on any atom is 0.0460 e. The summed E-state index contributed by atoms with van der Waals surface area (Å²) >= 11 is 0. The number of aryl methyl sites for hydroxylation is 1. The summed E-state index contributed by atoms with van der Waals surface area (Å²) < 4.78 is 0. The smallest absolute Gasteiger partial charge is 0.0460 e. The molecule has 3 nitrogen and oxygen atoms in total. The minimum absolute atomic E-state index is 0.332. The Bertz CT molecular complexity index is 673. The molecule has 0 aromatic heterocycles. The summed E-state index contributed by atoms with van der Waals surface area (Å²) in [5.41, 5.74) is 6.74. The van der Waals surface area contributed by atoms with Crippen LogP contribution in [0.15, 0.2) is 42.5 Å². The summed E-state index contributed by atoms with van der Waals surface area (Å²) in [5, 5.41) is 12.8. The van der Waals surface area contributed by atoms with E-state index < -0.39 is 0 Å². The van der Waals surface area contributed by atoms with Crippen molar-refractivity contribution in [3.63, 3.8) is 0 Å². The zero-order valence-corrected chi connectivity index (χ0v) is 15.5. The molecule has 25 heavy (non-hydrogen) atoms. The molecule has 1 saturated heterocycles. The van der Waals surface area contributed by atoms with Crippen LogP contribution in [0, 0.1) is 19.8 Å². The zero-order valence-electron chi connectivity index (χ0n) is 15.5. The minimum Gasteiger partial charge on any atom is -0.396 e. The predicted octanol–water partition coefficient (Wildman–Crippen LogP) is 3.80. The Hall–Kier alpha value is -1.84. The number of anilines is 1. The monoisotopic (exact) mass is 338 g/mol. The number of piperidine rings is 1. The van der Waals surface area contributed by atoms with Crippen LogP contribution in [0.2, 0.25) is 0 Å². The van der Waals surface area contributed by atoms with Crippen molar-refractivity contribution in [2.75, 3.05) is 24.6 Å². The number of aliphatic hydroxyl groups is 1. The second-order valence-electron chi connectivity index (χ2n) is 7.24. The standard InChI is InChI=1S/C22H30N2O/c1-17-4-3-5-21(18(17)2)15-23-14-19-6-8-22(9-7-19)24-12-10-20(16-25)11-13-24/h3-9,20,23,25H,10-16H2,1-2H3. The molecular weight excluding hydrogens is 308 g/mol. The lowest BCUT2D eigenvalue weighted by Gasteiger charge is -2.33. The van der Waals surface area contributed by atoms with Crippen LogP contribution in [0.1, 0.15) is 35.1 Å². The van der Waals surface area contributed by atoms with Gasteiger partial charge in [-0.1, -0.05) is 30.3 Å². The molecule has 1 aliphatic heterocycles. The molecule has 2 N–H and O–H groups in total. The molecule has 0 radical (unpaired) electrons. The van der Waals surface area contributed by atoms with Gasteiger partial charge in [-0.15, -0.1) is 0 Å². The number of benzene rings is 2. The fraction of sp³-hybridized carbons (Fsp3) is 0.455. The number of hydrogen-bond acceptors (Lipinski definition) is 3. The van der Waals surface area contributed by atoms with Gasteiger partial charge in [0.1, 0.15) is 0 Å². The van der Waals surface area contributed by atoms with Crippen molar-refractivity contribution in [1.29, 1.82) is 0 Å². The molecule has 3 rings (SSSR count). The maximum absolute atomic E-state index is 9.26. The number of aliphatic hydroxyl groups excluding tert-OH is 1. The molecule has 2 aromatic rings. The third-order valence-corrected chi connectivity index (χ3v) is 5.54. The Kier molecular flexibility index (Phi) is 6.11. The summed E-state index contributed by atoms with van der Waals surface area (Å²) in [7, 11) is 0. The van der Waals surface area contributed by atoms with Crippen molar-refractivity contribution in [2.24, 2.45) is 5.92 Å². The first-order valence-electron chi connectivity index (χ1n) is 9.38. The fourth-order valence-corrected chi connectivity index (χ4v) is 3.54. The summed E-state index contributed by atoms with van der Waals surface area (Å²) in [4.78, 5) is 2.43. The van der Waals surface area contributed by atoms with Crippen molar-refractivity contribution in [3.8, 4) is 0 Å². The highest BCUT2D eigenvalue weighted by molar-refractivity contribution is 5.48. The van der Waals surface area contributed by atoms with E-state index in [1.54, 1.807) is 0 Å². The number of nitrogens with zero attached hydrogens (tertiary/aromatic N) is 1. The molecule has 134 valence electrons. The molecule has 1 fully saturated rings. The van der Waals surface area contributed by atoms with Gasteiger partial charge >= 0.3 is 0 Å². The largest absolute Gasteiger partial charge is 0.396 e. The molecule has 0 bridgehead atoms. The van der Waals surface area contributed by atoms with Gasteiger partial charge in [-0.3, -0.25) is 0 Å². The SMILES string of the molecule is Cc1cccc(CNCc2ccc(N3CCC(CO)CC3)cc2)c1C. The van der Waals surface area contributed by atoms with Crippen LogP contribution in [0.5, 0.6) is 0 Å². The van der Waals surface area contributed by atoms with Gasteiger partial charge < -0.3 is 15.3 Å². The Morgan fingerprint density at radius 1 is 1.00 bits per heavy atom. The normalized spacial score (nSPS) is 15.6. The molecule has 0 aliphatic carbocycles. The Morgan fingerprint density at radius 2 is 1.72 bits per heavy atom. The van der Waals surface area contributed by atoms with Gasteiger partial charge in [-0.05, 0) is 67.0 Å². The van der Waals surface area contributed by atoms with Crippen LogP contribution < -0.4 is 10.2 Å². The Morgan fingerprint density at radius 3 is 2.40 bits per heavy atom. The van der Waals surface area contributed by atoms with E-state index in [9.17, 15) is 5.11 Å². The van der Waals surface area contributed by atoms with Crippen molar-refractivity contribution < 1.29 is 5.11 Å². The average Bonchev–Trinajstić information content (AvgIpc) is 2.66. The van der Waals surface area contributed by atoms with Crippen LogP contribution in [0.25, 0.3) is 0 Å². The third kappa shape index (κ3) is 4.62. The van der Waals surface area contributed by atoms with E-state index in [1.807, 2.05) is 0 Å². The lowest BCUT2D eigenvalue weighted by molar-refractivity contribution is 0.203. The lowest BCUT2D eigenvalue weighted by Crippen LogP contribution is -2.34. The van der Waals surface area contributed by atoms with Gasteiger partial charge in [0.25, 0.3) is 0 Å². The first kappa shape index (κ1) is 18.0. The molecule has 3 heteroatoms. The molecule has 0 atom stereocenters. The molecule has 1 aliphatic rings. The van der Waals surface area contributed by atoms with Gasteiger partial charge in [0, 0.05) is 38.5 Å². The van der Waals surface area contributed by atoms with Crippen LogP contribution in [-0.4, -0.2) is 24.8 Å². The first-order valence-corrected chi connectivity index (χ1v) is 9.38. The number of nitrogens with one attached hydrogen (secondary N) is 1. The van der Waals surface area contributed by atoms with Crippen molar-refractivity contribution >= 4 is 5.69 Å². The molecule has 0 saturated carbocycles. The van der Waals surface area contributed by atoms with E-state index in [-0.39, 0.29) is 0 Å². The highest BCUT2D eigenvalue weighted by Crippen LogP contribution is 2.23. The second-order valence-corrected chi connectivity index (χ2v) is 7.24. The van der Waals surface area contributed by atoms with E-state index in [0.717, 1.165) is 39.0 Å². The lowest BCUT2D eigenvalue weighted by atomic mass is 9.97. The Balaban J connectivity index is 1.50. The van der Waals surface area contributed by atoms with Crippen molar-refractivity contribution in [1.82, 2.24) is 5.32 Å². The van der Waals surface area contributed by atoms with E-state index in [0.29, 0.717) is 12.5 Å².